The van der Waals surface area contributed by atoms with Crippen molar-refractivity contribution in [2.24, 2.45) is 0 Å². The van der Waals surface area contributed by atoms with Crippen molar-refractivity contribution in [3.8, 4) is 0 Å². The van der Waals surface area contributed by atoms with Gasteiger partial charge in [0.25, 0.3) is 10.0 Å². The molecule has 0 bridgehead atoms. The standard InChI is InChI=1S/C11H15N5O2S/c1-8-12-7-11(14-8)19(17,18)15-9-4-5-10(13-6-9)16(2)3/h4-7,15H,1-3H3,(H,12,14). The molecule has 2 heterocycles. The van der Waals surface area contributed by atoms with Gasteiger partial charge in [0, 0.05) is 14.1 Å². The zero-order valence-electron chi connectivity index (χ0n) is 10.9. The summed E-state index contributed by atoms with van der Waals surface area (Å²) in [4.78, 5) is 12.5. The number of aryl methyl sites for hydroxylation is 1. The molecule has 0 atom stereocenters. The van der Waals surface area contributed by atoms with Gasteiger partial charge in [-0.15, -0.1) is 0 Å². The first-order chi connectivity index (χ1) is 8.88. The molecule has 0 amide bonds. The molecule has 0 saturated heterocycles. The molecular weight excluding hydrogens is 266 g/mol. The van der Waals surface area contributed by atoms with Crippen molar-refractivity contribution in [2.45, 2.75) is 11.9 Å². The number of H-pyrrole nitrogens is 1. The van der Waals surface area contributed by atoms with Crippen LogP contribution in [0.3, 0.4) is 0 Å². The van der Waals surface area contributed by atoms with E-state index in [1.54, 1.807) is 19.1 Å². The summed E-state index contributed by atoms with van der Waals surface area (Å²) in [6.45, 7) is 1.69. The normalized spacial score (nSPS) is 11.3. The van der Waals surface area contributed by atoms with Crippen LogP contribution in [0.1, 0.15) is 5.82 Å². The number of hydrogen-bond donors (Lipinski definition) is 2. The molecular formula is C11H15N5O2S. The third-order valence-electron chi connectivity index (χ3n) is 2.43. The minimum absolute atomic E-state index is 0.0293. The van der Waals surface area contributed by atoms with Gasteiger partial charge in [-0.3, -0.25) is 4.72 Å². The fourth-order valence-corrected chi connectivity index (χ4v) is 2.47. The van der Waals surface area contributed by atoms with E-state index in [0.29, 0.717) is 11.5 Å². The highest BCUT2D eigenvalue weighted by Gasteiger charge is 2.16. The van der Waals surface area contributed by atoms with Crippen LogP contribution in [0.4, 0.5) is 11.5 Å². The van der Waals surface area contributed by atoms with Crippen molar-refractivity contribution in [1.82, 2.24) is 15.0 Å². The smallest absolute Gasteiger partial charge is 0.279 e. The van der Waals surface area contributed by atoms with Crippen LogP contribution in [-0.2, 0) is 10.0 Å². The first-order valence-corrected chi connectivity index (χ1v) is 7.04. The van der Waals surface area contributed by atoms with Gasteiger partial charge >= 0.3 is 0 Å². The number of aromatic amines is 1. The van der Waals surface area contributed by atoms with Gasteiger partial charge in [0.2, 0.25) is 0 Å². The summed E-state index contributed by atoms with van der Waals surface area (Å²) in [7, 11) is 0.0741. The summed E-state index contributed by atoms with van der Waals surface area (Å²) in [5, 5.41) is 0.0293. The van der Waals surface area contributed by atoms with Gasteiger partial charge < -0.3 is 9.88 Å². The average molecular weight is 281 g/mol. The monoisotopic (exact) mass is 281 g/mol. The van der Waals surface area contributed by atoms with E-state index >= 15 is 0 Å². The van der Waals surface area contributed by atoms with E-state index < -0.39 is 10.0 Å². The van der Waals surface area contributed by atoms with E-state index in [4.69, 9.17) is 0 Å². The predicted molar refractivity (Wildman–Crippen MR) is 72.7 cm³/mol. The lowest BCUT2D eigenvalue weighted by molar-refractivity contribution is 0.598. The minimum atomic E-state index is -3.65. The molecule has 0 saturated carbocycles. The predicted octanol–water partition coefficient (Wildman–Crippen LogP) is 0.980. The molecule has 102 valence electrons. The first-order valence-electron chi connectivity index (χ1n) is 5.56. The largest absolute Gasteiger partial charge is 0.363 e. The highest BCUT2D eigenvalue weighted by Crippen LogP contribution is 2.16. The Bertz CT molecular complexity index is 661. The van der Waals surface area contributed by atoms with Crippen LogP contribution < -0.4 is 9.62 Å². The van der Waals surface area contributed by atoms with Gasteiger partial charge in [0.15, 0.2) is 5.03 Å². The second kappa shape index (κ2) is 4.88. The summed E-state index contributed by atoms with van der Waals surface area (Å²) in [5.74, 6) is 1.29. The van der Waals surface area contributed by atoms with Crippen molar-refractivity contribution >= 4 is 21.5 Å². The number of rotatable bonds is 4. The highest BCUT2D eigenvalue weighted by molar-refractivity contribution is 7.92. The van der Waals surface area contributed by atoms with E-state index in [9.17, 15) is 8.42 Å². The van der Waals surface area contributed by atoms with Gasteiger partial charge in [0.1, 0.15) is 11.6 Å². The van der Waals surface area contributed by atoms with Crippen molar-refractivity contribution in [1.29, 1.82) is 0 Å². The van der Waals surface area contributed by atoms with Crippen LogP contribution in [0.25, 0.3) is 0 Å². The van der Waals surface area contributed by atoms with Gasteiger partial charge in [-0.05, 0) is 19.1 Å². The van der Waals surface area contributed by atoms with Crippen LogP contribution >= 0.6 is 0 Å². The number of pyridine rings is 1. The van der Waals surface area contributed by atoms with Crippen LogP contribution in [0.15, 0.2) is 29.6 Å². The summed E-state index contributed by atoms with van der Waals surface area (Å²) in [6.07, 6.45) is 2.75. The topological polar surface area (TPSA) is 91.0 Å². The van der Waals surface area contributed by atoms with Crippen molar-refractivity contribution in [3.05, 3.63) is 30.4 Å². The van der Waals surface area contributed by atoms with E-state index in [0.717, 1.165) is 5.82 Å². The van der Waals surface area contributed by atoms with E-state index in [1.807, 2.05) is 19.0 Å². The van der Waals surface area contributed by atoms with Gasteiger partial charge in [-0.25, -0.2) is 9.97 Å². The third kappa shape index (κ3) is 3.02. The van der Waals surface area contributed by atoms with Crippen molar-refractivity contribution < 1.29 is 8.42 Å². The zero-order chi connectivity index (χ0) is 14.0. The molecule has 0 radical (unpaired) electrons. The molecule has 0 aliphatic carbocycles. The van der Waals surface area contributed by atoms with E-state index in [1.165, 1.54) is 12.4 Å². The summed E-state index contributed by atoms with van der Waals surface area (Å²) in [5.41, 5.74) is 0.401. The molecule has 0 spiro atoms. The molecule has 8 heteroatoms. The number of imidazole rings is 1. The minimum Gasteiger partial charge on any atom is -0.363 e. The Morgan fingerprint density at radius 1 is 1.21 bits per heavy atom. The lowest BCUT2D eigenvalue weighted by Crippen LogP contribution is -2.14. The summed E-state index contributed by atoms with van der Waals surface area (Å²) in [6, 6.07) is 3.39. The molecule has 7 nitrogen and oxygen atoms in total. The Labute approximate surface area is 111 Å². The number of hydrogen-bond acceptors (Lipinski definition) is 5. The molecule has 0 aromatic carbocycles. The molecule has 0 fully saturated rings. The van der Waals surface area contributed by atoms with E-state index in [-0.39, 0.29) is 5.03 Å². The Morgan fingerprint density at radius 3 is 2.42 bits per heavy atom. The molecule has 2 N–H and O–H groups in total. The van der Waals surface area contributed by atoms with Gasteiger partial charge in [0.05, 0.1) is 18.1 Å². The number of nitrogens with zero attached hydrogens (tertiary/aromatic N) is 3. The second-order valence-corrected chi connectivity index (χ2v) is 5.89. The first kappa shape index (κ1) is 13.3. The lowest BCUT2D eigenvalue weighted by atomic mass is 10.4. The van der Waals surface area contributed by atoms with Crippen LogP contribution in [-0.4, -0.2) is 37.5 Å². The summed E-state index contributed by atoms with van der Waals surface area (Å²) < 4.78 is 26.5. The lowest BCUT2D eigenvalue weighted by Gasteiger charge is -2.11. The maximum Gasteiger partial charge on any atom is 0.279 e. The molecule has 0 unspecified atom stereocenters. The SMILES string of the molecule is Cc1ncc(S(=O)(=O)Nc2ccc(N(C)C)nc2)[nH]1. The zero-order valence-corrected chi connectivity index (χ0v) is 11.7. The Morgan fingerprint density at radius 2 is 1.95 bits per heavy atom. The summed E-state index contributed by atoms with van der Waals surface area (Å²) >= 11 is 0. The molecule has 2 rings (SSSR count). The number of nitrogens with one attached hydrogen (secondary N) is 2. The number of sulfonamides is 1. The molecule has 0 aliphatic rings. The quantitative estimate of drug-likeness (QED) is 0.871. The maximum atomic E-state index is 12.0. The number of anilines is 2. The van der Waals surface area contributed by atoms with Crippen molar-refractivity contribution in [2.75, 3.05) is 23.7 Å². The number of aromatic nitrogens is 3. The van der Waals surface area contributed by atoms with E-state index in [2.05, 4.69) is 19.7 Å². The molecule has 0 aliphatic heterocycles. The Kier molecular flexibility index (Phi) is 3.43. The average Bonchev–Trinajstić information content (AvgIpc) is 2.77. The highest BCUT2D eigenvalue weighted by atomic mass is 32.2. The fourth-order valence-electron chi connectivity index (χ4n) is 1.46. The van der Waals surface area contributed by atoms with Gasteiger partial charge in [-0.1, -0.05) is 0 Å². The van der Waals surface area contributed by atoms with Crippen LogP contribution in [0.2, 0.25) is 0 Å². The molecule has 2 aromatic rings. The maximum absolute atomic E-state index is 12.0. The molecule has 19 heavy (non-hydrogen) atoms. The Hall–Kier alpha value is -2.09. The third-order valence-corrected chi connectivity index (χ3v) is 3.72. The second-order valence-electron chi connectivity index (χ2n) is 4.24. The van der Waals surface area contributed by atoms with Crippen molar-refractivity contribution in [3.63, 3.8) is 0 Å². The van der Waals surface area contributed by atoms with Crippen LogP contribution in [0.5, 0.6) is 0 Å². The van der Waals surface area contributed by atoms with Gasteiger partial charge in [-0.2, -0.15) is 8.42 Å². The molecule has 2 aromatic heterocycles. The Balaban J connectivity index is 2.21. The van der Waals surface area contributed by atoms with Crippen LogP contribution in [0, 0.1) is 6.92 Å². The fraction of sp³-hybridized carbons (Fsp3) is 0.273.